The normalized spacial score (nSPS) is 11.8. The van der Waals surface area contributed by atoms with Gasteiger partial charge in [-0.25, -0.2) is 8.42 Å². The second-order valence-electron chi connectivity index (χ2n) is 13.6. The molecule has 0 aromatic heterocycles. The van der Waals surface area contributed by atoms with Crippen LogP contribution in [0.2, 0.25) is 0 Å². The monoisotopic (exact) mass is 718 g/mol. The summed E-state index contributed by atoms with van der Waals surface area (Å²) in [6, 6.07) is 4.09. The largest absolute Gasteiger partial charge is 0.744 e. The van der Waals surface area contributed by atoms with Gasteiger partial charge >= 0.3 is 0 Å². The molecule has 1 rings (SSSR count). The van der Waals surface area contributed by atoms with Gasteiger partial charge in [0.1, 0.15) is 10.1 Å². The Morgan fingerprint density at radius 1 is 0.532 bits per heavy atom. The van der Waals surface area contributed by atoms with Gasteiger partial charge in [-0.15, -0.1) is 0 Å². The number of aromatic carboxylic acids is 1. The lowest BCUT2D eigenvalue weighted by Gasteiger charge is -2.28. The van der Waals surface area contributed by atoms with E-state index in [1.165, 1.54) is 103 Å². The first-order chi connectivity index (χ1) is 22.4. The fourth-order valence-corrected chi connectivity index (χ4v) is 17.2. The third kappa shape index (κ3) is 24.3. The zero-order valence-electron chi connectivity index (χ0n) is 32.1. The van der Waals surface area contributed by atoms with Crippen molar-refractivity contribution in [3.8, 4) is 0 Å². The SMILES string of the molecule is CCCC[P+](CCCC)(CCCC)CCCC.CCCC[P+](CCCC)(CCCC)CCCC.O=C([O-])c1cccc(S(=O)(=O)[O-])c1. The van der Waals surface area contributed by atoms with E-state index >= 15 is 0 Å². The Morgan fingerprint density at radius 2 is 0.787 bits per heavy atom. The summed E-state index contributed by atoms with van der Waals surface area (Å²) >= 11 is 0. The summed E-state index contributed by atoms with van der Waals surface area (Å²) < 4.78 is 31.3. The highest BCUT2D eigenvalue weighted by Crippen LogP contribution is 2.62. The number of rotatable bonds is 26. The minimum absolute atomic E-state index is 0.336. The van der Waals surface area contributed by atoms with Crippen LogP contribution < -0.4 is 5.11 Å². The molecular formula is C39H76O5P2S. The molecule has 8 heteroatoms. The summed E-state index contributed by atoms with van der Waals surface area (Å²) in [5.74, 6) is -1.52. The number of carbonyl (C=O) groups is 1. The topological polar surface area (TPSA) is 97.3 Å². The molecule has 0 radical (unpaired) electrons. The van der Waals surface area contributed by atoms with Gasteiger partial charge in [0.25, 0.3) is 0 Å². The highest BCUT2D eigenvalue weighted by Gasteiger charge is 2.35. The Labute approximate surface area is 294 Å². The van der Waals surface area contributed by atoms with Crippen LogP contribution in [0.5, 0.6) is 0 Å². The molecule has 0 spiro atoms. The molecule has 1 aromatic rings. The molecule has 0 aliphatic carbocycles. The molecule has 0 unspecified atom stereocenters. The summed E-state index contributed by atoms with van der Waals surface area (Å²) in [5.41, 5.74) is -0.336. The molecule has 47 heavy (non-hydrogen) atoms. The van der Waals surface area contributed by atoms with Crippen molar-refractivity contribution in [2.24, 2.45) is 0 Å². The van der Waals surface area contributed by atoms with Gasteiger partial charge in [-0.1, -0.05) is 119 Å². The van der Waals surface area contributed by atoms with Crippen molar-refractivity contribution < 1.29 is 22.9 Å². The van der Waals surface area contributed by atoms with E-state index in [1.807, 2.05) is 0 Å². The molecule has 0 aliphatic heterocycles. The zero-order valence-corrected chi connectivity index (χ0v) is 34.7. The van der Waals surface area contributed by atoms with Crippen LogP contribution in [-0.2, 0) is 10.1 Å². The molecule has 0 atom stereocenters. The Morgan fingerprint density at radius 3 is 0.979 bits per heavy atom. The lowest BCUT2D eigenvalue weighted by molar-refractivity contribution is -0.255. The van der Waals surface area contributed by atoms with E-state index in [2.05, 4.69) is 55.4 Å². The lowest BCUT2D eigenvalue weighted by Crippen LogP contribution is -2.22. The van der Waals surface area contributed by atoms with Crippen LogP contribution in [0.3, 0.4) is 0 Å². The standard InChI is InChI=1S/2C16H36P.C7H6O5S/c2*1-5-9-13-17(14-10-6-2,15-11-7-3)16-12-8-4;8-7(9)5-2-1-3-6(4-5)13(10,11)12/h2*5-16H2,1-4H3;1-4H,(H,8,9)(H,10,11,12)/q2*+1;/p-2. The van der Waals surface area contributed by atoms with Crippen LogP contribution >= 0.6 is 14.5 Å². The molecular weight excluding hydrogens is 642 g/mol. The van der Waals surface area contributed by atoms with Crippen LogP contribution in [0.1, 0.15) is 168 Å². The van der Waals surface area contributed by atoms with E-state index in [-0.39, 0.29) is 5.56 Å². The number of benzene rings is 1. The van der Waals surface area contributed by atoms with Crippen LogP contribution in [0, 0.1) is 0 Å². The van der Waals surface area contributed by atoms with Gasteiger partial charge in [-0.3, -0.25) is 0 Å². The maximum atomic E-state index is 10.4. The molecule has 0 bridgehead atoms. The van der Waals surface area contributed by atoms with Crippen LogP contribution in [-0.4, -0.2) is 68.2 Å². The quantitative estimate of drug-likeness (QED) is 0.0701. The van der Waals surface area contributed by atoms with E-state index in [0.29, 0.717) is 0 Å². The maximum Gasteiger partial charge on any atom is 0.124 e. The number of carboxylic acid groups (broad SMARTS) is 1. The number of hydrogen-bond acceptors (Lipinski definition) is 5. The highest BCUT2D eigenvalue weighted by atomic mass is 32.2. The first-order valence-corrected chi connectivity index (χ1v) is 25.8. The van der Waals surface area contributed by atoms with E-state index in [4.69, 9.17) is 0 Å². The molecule has 0 fully saturated rings. The van der Waals surface area contributed by atoms with Gasteiger partial charge in [0.2, 0.25) is 0 Å². The van der Waals surface area contributed by atoms with Gasteiger partial charge in [0, 0.05) is 14.5 Å². The van der Waals surface area contributed by atoms with E-state index in [0.717, 1.165) is 24.3 Å². The molecule has 0 saturated carbocycles. The van der Waals surface area contributed by atoms with Crippen LogP contribution in [0.15, 0.2) is 29.2 Å². The Hall–Kier alpha value is -0.540. The summed E-state index contributed by atoms with van der Waals surface area (Å²) in [7, 11) is -5.72. The third-order valence-electron chi connectivity index (χ3n) is 9.25. The summed E-state index contributed by atoms with van der Waals surface area (Å²) in [4.78, 5) is 9.70. The van der Waals surface area contributed by atoms with Gasteiger partial charge in [-0.2, -0.15) is 0 Å². The fourth-order valence-electron chi connectivity index (χ4n) is 6.07. The second-order valence-corrected chi connectivity index (χ2v) is 23.9. The number of unbranched alkanes of at least 4 members (excludes halogenated alkanes) is 8. The van der Waals surface area contributed by atoms with Crippen molar-refractivity contribution in [3.63, 3.8) is 0 Å². The Kier molecular flexibility index (Phi) is 31.3. The number of carbonyl (C=O) groups excluding carboxylic acids is 1. The number of hydrogen-bond donors (Lipinski definition) is 0. The minimum atomic E-state index is -4.60. The van der Waals surface area contributed by atoms with E-state index in [9.17, 15) is 22.9 Å². The van der Waals surface area contributed by atoms with Gasteiger partial charge in [0.15, 0.2) is 0 Å². The Balaban J connectivity index is 0. The predicted molar refractivity (Wildman–Crippen MR) is 211 cm³/mol. The van der Waals surface area contributed by atoms with Crippen molar-refractivity contribution in [3.05, 3.63) is 29.8 Å². The first kappa shape index (κ1) is 48.6. The van der Waals surface area contributed by atoms with Crippen molar-refractivity contribution in [2.75, 3.05) is 49.3 Å². The van der Waals surface area contributed by atoms with E-state index in [1.54, 1.807) is 49.3 Å². The van der Waals surface area contributed by atoms with Crippen LogP contribution in [0.25, 0.3) is 0 Å². The predicted octanol–water partition coefficient (Wildman–Crippen LogP) is 11.4. The molecule has 0 amide bonds. The zero-order chi connectivity index (χ0) is 36.0. The Bertz CT molecular complexity index is 872. The van der Waals surface area contributed by atoms with Gasteiger partial charge < -0.3 is 14.5 Å². The molecule has 1 aromatic carbocycles. The average Bonchev–Trinajstić information content (AvgIpc) is 3.07. The van der Waals surface area contributed by atoms with Crippen LogP contribution in [0.4, 0.5) is 0 Å². The highest BCUT2D eigenvalue weighted by molar-refractivity contribution is 7.85. The minimum Gasteiger partial charge on any atom is -0.744 e. The van der Waals surface area contributed by atoms with Crippen molar-refractivity contribution in [1.29, 1.82) is 0 Å². The molecule has 0 N–H and O–H groups in total. The lowest BCUT2D eigenvalue weighted by atomic mass is 10.2. The molecule has 0 aliphatic rings. The van der Waals surface area contributed by atoms with E-state index < -0.39 is 35.5 Å². The second kappa shape index (κ2) is 30.3. The summed E-state index contributed by atoms with van der Waals surface area (Å²) in [5, 5.41) is 10.3. The average molecular weight is 719 g/mol. The smallest absolute Gasteiger partial charge is 0.124 e. The maximum absolute atomic E-state index is 10.4. The molecule has 0 heterocycles. The fraction of sp³-hybridized carbons (Fsp3) is 0.821. The summed E-state index contributed by atoms with van der Waals surface area (Å²) in [6.07, 6.45) is 35.9. The number of carboxylic acids is 1. The third-order valence-corrected chi connectivity index (χ3v) is 20.2. The summed E-state index contributed by atoms with van der Waals surface area (Å²) in [6.45, 7) is 18.8. The molecule has 0 saturated heterocycles. The molecule has 5 nitrogen and oxygen atoms in total. The van der Waals surface area contributed by atoms with Crippen molar-refractivity contribution >= 4 is 30.6 Å². The first-order valence-electron chi connectivity index (χ1n) is 19.4. The van der Waals surface area contributed by atoms with Crippen molar-refractivity contribution in [2.45, 2.75) is 163 Å². The van der Waals surface area contributed by atoms with Gasteiger partial charge in [-0.05, 0) is 69.1 Å². The van der Waals surface area contributed by atoms with Gasteiger partial charge in [0.05, 0.1) is 60.2 Å². The van der Waals surface area contributed by atoms with Crippen molar-refractivity contribution in [1.82, 2.24) is 0 Å². The molecule has 278 valence electrons.